The van der Waals surface area contributed by atoms with E-state index in [2.05, 4.69) is 42.8 Å². The molecule has 0 radical (unpaired) electrons. The third-order valence-corrected chi connectivity index (χ3v) is 3.96. The van der Waals surface area contributed by atoms with Gasteiger partial charge in [0.1, 0.15) is 0 Å². The maximum absolute atomic E-state index is 5.45. The lowest BCUT2D eigenvalue weighted by Gasteiger charge is -1.99. The van der Waals surface area contributed by atoms with E-state index in [0.29, 0.717) is 31.6 Å². The van der Waals surface area contributed by atoms with Crippen LogP contribution in [0, 0.1) is 0 Å². The fourth-order valence-corrected chi connectivity index (χ4v) is 2.77. The molecule has 2 N–H and O–H groups in total. The summed E-state index contributed by atoms with van der Waals surface area (Å²) in [4.78, 5) is 1.20. The molecule has 104 valence electrons. The van der Waals surface area contributed by atoms with Crippen molar-refractivity contribution in [3.8, 4) is 0 Å². The van der Waals surface area contributed by atoms with Crippen LogP contribution in [0.4, 0.5) is 6.01 Å². The van der Waals surface area contributed by atoms with Crippen LogP contribution in [-0.2, 0) is 17.8 Å². The molecular weight excluding hydrogens is 332 g/mol. The zero-order valence-corrected chi connectivity index (χ0v) is 12.9. The van der Waals surface area contributed by atoms with Gasteiger partial charge in [-0.05, 0) is 22.0 Å². The Morgan fingerprint density at radius 3 is 3.05 bits per heavy atom. The van der Waals surface area contributed by atoms with E-state index in [1.165, 1.54) is 4.88 Å². The molecule has 6 nitrogen and oxygen atoms in total. The third-order valence-electron chi connectivity index (χ3n) is 2.26. The summed E-state index contributed by atoms with van der Waals surface area (Å²) in [6.07, 6.45) is 0. The summed E-state index contributed by atoms with van der Waals surface area (Å²) in [6, 6.07) is 2.49. The molecular formula is C11H15BrN4O2S. The van der Waals surface area contributed by atoms with Crippen LogP contribution in [0.3, 0.4) is 0 Å². The molecule has 0 atom stereocenters. The van der Waals surface area contributed by atoms with Gasteiger partial charge in [-0.3, -0.25) is 0 Å². The molecule has 0 aromatic carbocycles. The lowest BCUT2D eigenvalue weighted by atomic mass is 10.5. The van der Waals surface area contributed by atoms with E-state index in [-0.39, 0.29) is 0 Å². The Labute approximate surface area is 123 Å². The highest BCUT2D eigenvalue weighted by Crippen LogP contribution is 2.20. The molecule has 0 saturated heterocycles. The lowest BCUT2D eigenvalue weighted by molar-refractivity contribution is 0.198. The first kappa shape index (κ1) is 14.4. The summed E-state index contributed by atoms with van der Waals surface area (Å²) in [5, 5.41) is 16.1. The average Bonchev–Trinajstić information content (AvgIpc) is 3.01. The predicted molar refractivity (Wildman–Crippen MR) is 77.2 cm³/mol. The van der Waals surface area contributed by atoms with Crippen molar-refractivity contribution in [2.75, 3.05) is 25.6 Å². The van der Waals surface area contributed by atoms with Crippen molar-refractivity contribution in [2.24, 2.45) is 0 Å². The molecule has 0 amide bonds. The number of ether oxygens (including phenoxy) is 1. The zero-order chi connectivity index (χ0) is 13.5. The number of anilines is 1. The van der Waals surface area contributed by atoms with Gasteiger partial charge in [-0.25, -0.2) is 0 Å². The smallest absolute Gasteiger partial charge is 0.315 e. The summed E-state index contributed by atoms with van der Waals surface area (Å²) in [5.74, 6) is 0.561. The Morgan fingerprint density at radius 2 is 2.32 bits per heavy atom. The highest BCUT2D eigenvalue weighted by atomic mass is 79.9. The first-order valence-corrected chi connectivity index (χ1v) is 7.44. The van der Waals surface area contributed by atoms with E-state index in [1.54, 1.807) is 18.4 Å². The van der Waals surface area contributed by atoms with Gasteiger partial charge in [-0.2, -0.15) is 0 Å². The van der Waals surface area contributed by atoms with Gasteiger partial charge in [0.25, 0.3) is 0 Å². The van der Waals surface area contributed by atoms with Crippen LogP contribution in [0.2, 0.25) is 0 Å². The van der Waals surface area contributed by atoms with Crippen molar-refractivity contribution >= 4 is 33.3 Å². The minimum atomic E-state index is 0.438. The van der Waals surface area contributed by atoms with Gasteiger partial charge in [0.15, 0.2) is 0 Å². The molecule has 2 aromatic rings. The van der Waals surface area contributed by atoms with Gasteiger partial charge in [-0.1, -0.05) is 5.10 Å². The molecule has 19 heavy (non-hydrogen) atoms. The molecule has 0 aliphatic rings. The summed E-state index contributed by atoms with van der Waals surface area (Å²) < 4.78 is 11.5. The summed E-state index contributed by atoms with van der Waals surface area (Å²) in [6.45, 7) is 2.63. The SMILES string of the molecule is COCCNCc1nnc(NCc2cc(Br)cs2)o1. The fraction of sp³-hybridized carbons (Fsp3) is 0.455. The number of hydrogen-bond donors (Lipinski definition) is 2. The van der Waals surface area contributed by atoms with E-state index in [9.17, 15) is 0 Å². The van der Waals surface area contributed by atoms with Crippen LogP contribution in [0.15, 0.2) is 20.3 Å². The molecule has 0 saturated carbocycles. The number of hydrogen-bond acceptors (Lipinski definition) is 7. The standard InChI is InChI=1S/C11H15BrN4O2S/c1-17-3-2-13-6-10-15-16-11(18-10)14-5-9-4-8(12)7-19-9/h4,7,13H,2-3,5-6H2,1H3,(H,14,16). The molecule has 0 spiro atoms. The van der Waals surface area contributed by atoms with Crippen LogP contribution >= 0.6 is 27.3 Å². The Bertz CT molecular complexity index is 502. The van der Waals surface area contributed by atoms with Gasteiger partial charge >= 0.3 is 6.01 Å². The molecule has 0 fully saturated rings. The zero-order valence-electron chi connectivity index (χ0n) is 10.5. The van der Waals surface area contributed by atoms with Crippen molar-refractivity contribution in [3.63, 3.8) is 0 Å². The van der Waals surface area contributed by atoms with Crippen LogP contribution in [0.25, 0.3) is 0 Å². The Morgan fingerprint density at radius 1 is 1.42 bits per heavy atom. The second kappa shape index (κ2) is 7.59. The normalized spacial score (nSPS) is 10.8. The first-order chi connectivity index (χ1) is 9.28. The van der Waals surface area contributed by atoms with Crippen LogP contribution < -0.4 is 10.6 Å². The molecule has 2 rings (SSSR count). The van der Waals surface area contributed by atoms with Crippen molar-refractivity contribution in [1.82, 2.24) is 15.5 Å². The van der Waals surface area contributed by atoms with Gasteiger partial charge in [0.2, 0.25) is 5.89 Å². The summed E-state index contributed by atoms with van der Waals surface area (Å²) in [7, 11) is 1.67. The molecule has 0 aliphatic carbocycles. The van der Waals surface area contributed by atoms with E-state index < -0.39 is 0 Å². The number of halogens is 1. The highest BCUT2D eigenvalue weighted by Gasteiger charge is 2.05. The summed E-state index contributed by atoms with van der Waals surface area (Å²) in [5.41, 5.74) is 0. The van der Waals surface area contributed by atoms with Gasteiger partial charge in [-0.15, -0.1) is 16.4 Å². The number of aromatic nitrogens is 2. The van der Waals surface area contributed by atoms with Gasteiger partial charge in [0, 0.05) is 28.4 Å². The third kappa shape index (κ3) is 4.90. The van der Waals surface area contributed by atoms with Crippen molar-refractivity contribution in [1.29, 1.82) is 0 Å². The first-order valence-electron chi connectivity index (χ1n) is 5.76. The Kier molecular flexibility index (Phi) is 5.77. The van der Waals surface area contributed by atoms with Gasteiger partial charge < -0.3 is 19.8 Å². The lowest BCUT2D eigenvalue weighted by Crippen LogP contribution is -2.18. The van der Waals surface area contributed by atoms with E-state index >= 15 is 0 Å². The second-order valence-electron chi connectivity index (χ2n) is 3.76. The molecule has 0 unspecified atom stereocenters. The highest BCUT2D eigenvalue weighted by molar-refractivity contribution is 9.10. The number of nitrogens with one attached hydrogen (secondary N) is 2. The van der Waals surface area contributed by atoms with Crippen LogP contribution in [0.1, 0.15) is 10.8 Å². The largest absolute Gasteiger partial charge is 0.407 e. The van der Waals surface area contributed by atoms with Crippen molar-refractivity contribution in [3.05, 3.63) is 26.7 Å². The minimum absolute atomic E-state index is 0.438. The number of nitrogens with zero attached hydrogens (tertiary/aromatic N) is 2. The van der Waals surface area contributed by atoms with Gasteiger partial charge in [0.05, 0.1) is 19.7 Å². The Hall–Kier alpha value is -0.960. The van der Waals surface area contributed by atoms with E-state index in [0.717, 1.165) is 11.0 Å². The molecule has 0 bridgehead atoms. The summed E-state index contributed by atoms with van der Waals surface area (Å²) >= 11 is 5.09. The predicted octanol–water partition coefficient (Wildman–Crippen LogP) is 2.24. The number of thiophene rings is 1. The quantitative estimate of drug-likeness (QED) is 0.714. The molecule has 2 heterocycles. The van der Waals surface area contributed by atoms with E-state index in [4.69, 9.17) is 9.15 Å². The van der Waals surface area contributed by atoms with E-state index in [1.807, 2.05) is 5.38 Å². The topological polar surface area (TPSA) is 72.2 Å². The average molecular weight is 347 g/mol. The maximum atomic E-state index is 5.45. The van der Waals surface area contributed by atoms with Crippen LogP contribution in [-0.4, -0.2) is 30.5 Å². The van der Waals surface area contributed by atoms with Crippen molar-refractivity contribution < 1.29 is 9.15 Å². The second-order valence-corrected chi connectivity index (χ2v) is 5.67. The van der Waals surface area contributed by atoms with Crippen LogP contribution in [0.5, 0.6) is 0 Å². The minimum Gasteiger partial charge on any atom is -0.407 e. The van der Waals surface area contributed by atoms with Crippen molar-refractivity contribution in [2.45, 2.75) is 13.1 Å². The fourth-order valence-electron chi connectivity index (χ4n) is 1.38. The molecule has 2 aromatic heterocycles. The monoisotopic (exact) mass is 346 g/mol. The molecule has 8 heteroatoms. The number of rotatable bonds is 8. The molecule has 0 aliphatic heterocycles. The Balaban J connectivity index is 1.74. The number of methoxy groups -OCH3 is 1. The maximum Gasteiger partial charge on any atom is 0.315 e.